The fourth-order valence-electron chi connectivity index (χ4n) is 1.80. The molecule has 0 heterocycles. The van der Waals surface area contributed by atoms with Crippen molar-refractivity contribution in [2.24, 2.45) is 5.92 Å². The van der Waals surface area contributed by atoms with Crippen molar-refractivity contribution in [2.75, 3.05) is 12.8 Å². The molecule has 1 aromatic carbocycles. The number of methoxy groups -OCH3 is 1. The summed E-state index contributed by atoms with van der Waals surface area (Å²) in [4.78, 5) is 23.9. The quantitative estimate of drug-likeness (QED) is 0.636. The van der Waals surface area contributed by atoms with Crippen LogP contribution >= 0.6 is 0 Å². The van der Waals surface area contributed by atoms with E-state index in [9.17, 15) is 9.59 Å². The van der Waals surface area contributed by atoms with Crippen molar-refractivity contribution in [1.29, 1.82) is 0 Å². The first-order valence-corrected chi connectivity index (χ1v) is 6.65. The molecular formula is C15H22N2O3. The van der Waals surface area contributed by atoms with Gasteiger partial charge >= 0.3 is 5.97 Å². The van der Waals surface area contributed by atoms with Crippen molar-refractivity contribution in [1.82, 2.24) is 5.32 Å². The van der Waals surface area contributed by atoms with Crippen LogP contribution in [0.3, 0.4) is 0 Å². The summed E-state index contributed by atoms with van der Waals surface area (Å²) in [5.41, 5.74) is 7.69. The number of nitrogens with one attached hydrogen (secondary N) is 1. The number of carbonyl (C=O) groups is 2. The van der Waals surface area contributed by atoms with E-state index in [1.807, 2.05) is 20.8 Å². The normalized spacial score (nSPS) is 13.4. The van der Waals surface area contributed by atoms with Gasteiger partial charge in [0.05, 0.1) is 7.11 Å². The second-order valence-electron chi connectivity index (χ2n) is 4.93. The first-order chi connectivity index (χ1) is 9.40. The van der Waals surface area contributed by atoms with Crippen molar-refractivity contribution >= 4 is 17.6 Å². The van der Waals surface area contributed by atoms with Gasteiger partial charge in [-0.1, -0.05) is 26.3 Å². The Bertz CT molecular complexity index is 500. The van der Waals surface area contributed by atoms with Gasteiger partial charge in [0.15, 0.2) is 0 Å². The highest BCUT2D eigenvalue weighted by Crippen LogP contribution is 2.14. The van der Waals surface area contributed by atoms with E-state index in [0.717, 1.165) is 12.0 Å². The summed E-state index contributed by atoms with van der Waals surface area (Å²) in [5.74, 6) is -0.769. The standard InChI is InChI=1S/C15H22N2O3/c1-5-9(2)13(15(19)20-4)17-14(18)11-7-6-10(3)12(16)8-11/h6-9,13H,5,16H2,1-4H3,(H,17,18). The molecule has 0 aliphatic carbocycles. The van der Waals surface area contributed by atoms with Crippen molar-refractivity contribution in [3.05, 3.63) is 29.3 Å². The molecule has 2 atom stereocenters. The third-order valence-electron chi connectivity index (χ3n) is 3.50. The summed E-state index contributed by atoms with van der Waals surface area (Å²) in [6.07, 6.45) is 0.760. The summed E-state index contributed by atoms with van der Waals surface area (Å²) in [5, 5.41) is 2.71. The second kappa shape index (κ2) is 6.93. The van der Waals surface area contributed by atoms with Crippen molar-refractivity contribution in [3.63, 3.8) is 0 Å². The van der Waals surface area contributed by atoms with Crippen LogP contribution in [-0.4, -0.2) is 25.0 Å². The summed E-state index contributed by atoms with van der Waals surface area (Å²) < 4.78 is 4.74. The number of anilines is 1. The molecule has 110 valence electrons. The zero-order valence-corrected chi connectivity index (χ0v) is 12.4. The molecule has 0 aliphatic heterocycles. The summed E-state index contributed by atoms with van der Waals surface area (Å²) >= 11 is 0. The van der Waals surface area contributed by atoms with Crippen LogP contribution in [0.2, 0.25) is 0 Å². The average molecular weight is 278 g/mol. The molecule has 0 aliphatic rings. The number of amides is 1. The third-order valence-corrected chi connectivity index (χ3v) is 3.50. The fraction of sp³-hybridized carbons (Fsp3) is 0.467. The van der Waals surface area contributed by atoms with E-state index in [-0.39, 0.29) is 11.8 Å². The van der Waals surface area contributed by atoms with Crippen LogP contribution in [0, 0.1) is 12.8 Å². The average Bonchev–Trinajstić information content (AvgIpc) is 2.45. The van der Waals surface area contributed by atoms with E-state index < -0.39 is 12.0 Å². The SMILES string of the molecule is CCC(C)C(NC(=O)c1ccc(C)c(N)c1)C(=O)OC. The molecule has 5 nitrogen and oxygen atoms in total. The Kier molecular flexibility index (Phi) is 5.55. The Labute approximate surface area is 119 Å². The lowest BCUT2D eigenvalue weighted by Crippen LogP contribution is -2.45. The molecular weight excluding hydrogens is 256 g/mol. The number of rotatable bonds is 5. The minimum Gasteiger partial charge on any atom is -0.467 e. The largest absolute Gasteiger partial charge is 0.467 e. The van der Waals surface area contributed by atoms with E-state index >= 15 is 0 Å². The predicted octanol–water partition coefficient (Wildman–Crippen LogP) is 1.89. The minimum atomic E-state index is -0.653. The Morgan fingerprint density at radius 2 is 2.05 bits per heavy atom. The molecule has 5 heteroatoms. The highest BCUT2D eigenvalue weighted by Gasteiger charge is 2.27. The zero-order chi connectivity index (χ0) is 15.3. The van der Waals surface area contributed by atoms with E-state index in [1.54, 1.807) is 18.2 Å². The van der Waals surface area contributed by atoms with Gasteiger partial charge in [-0.05, 0) is 30.5 Å². The molecule has 0 radical (unpaired) electrons. The maximum absolute atomic E-state index is 12.2. The van der Waals surface area contributed by atoms with Gasteiger partial charge in [-0.15, -0.1) is 0 Å². The summed E-state index contributed by atoms with van der Waals surface area (Å²) in [7, 11) is 1.31. The van der Waals surface area contributed by atoms with E-state index in [4.69, 9.17) is 10.5 Å². The maximum Gasteiger partial charge on any atom is 0.328 e. The first-order valence-electron chi connectivity index (χ1n) is 6.65. The summed E-state index contributed by atoms with van der Waals surface area (Å²) in [6, 6.07) is 4.42. The van der Waals surface area contributed by atoms with Crippen molar-refractivity contribution in [2.45, 2.75) is 33.2 Å². The maximum atomic E-state index is 12.2. The van der Waals surface area contributed by atoms with Gasteiger partial charge in [0.2, 0.25) is 0 Å². The minimum absolute atomic E-state index is 0.00537. The van der Waals surface area contributed by atoms with Crippen LogP contribution in [0.5, 0.6) is 0 Å². The molecule has 1 aromatic rings. The van der Waals surface area contributed by atoms with E-state index in [2.05, 4.69) is 5.32 Å². The van der Waals surface area contributed by atoms with Crippen molar-refractivity contribution in [3.8, 4) is 0 Å². The number of nitrogens with two attached hydrogens (primary N) is 1. The molecule has 0 saturated heterocycles. The second-order valence-corrected chi connectivity index (χ2v) is 4.93. The van der Waals surface area contributed by atoms with Crippen LogP contribution in [0.25, 0.3) is 0 Å². The fourth-order valence-corrected chi connectivity index (χ4v) is 1.80. The number of hydrogen-bond acceptors (Lipinski definition) is 4. The molecule has 0 fully saturated rings. The van der Waals surface area contributed by atoms with Crippen LogP contribution in [0.15, 0.2) is 18.2 Å². The number of nitrogen functional groups attached to an aromatic ring is 1. The number of ether oxygens (including phenoxy) is 1. The molecule has 1 amide bonds. The van der Waals surface area contributed by atoms with Gasteiger partial charge in [0.1, 0.15) is 6.04 Å². The van der Waals surface area contributed by atoms with E-state index in [0.29, 0.717) is 11.3 Å². The Morgan fingerprint density at radius 3 is 2.55 bits per heavy atom. The van der Waals surface area contributed by atoms with Gasteiger partial charge in [0, 0.05) is 11.3 Å². The van der Waals surface area contributed by atoms with Crippen LogP contribution in [0.4, 0.5) is 5.69 Å². The van der Waals surface area contributed by atoms with Crippen molar-refractivity contribution < 1.29 is 14.3 Å². The smallest absolute Gasteiger partial charge is 0.328 e. The molecule has 0 bridgehead atoms. The third kappa shape index (κ3) is 3.73. The zero-order valence-electron chi connectivity index (χ0n) is 12.4. The van der Waals surface area contributed by atoms with Gasteiger partial charge in [0.25, 0.3) is 5.91 Å². The topological polar surface area (TPSA) is 81.4 Å². The lowest BCUT2D eigenvalue weighted by atomic mass is 9.98. The number of aryl methyl sites for hydroxylation is 1. The lowest BCUT2D eigenvalue weighted by molar-refractivity contribution is -0.144. The Hall–Kier alpha value is -2.04. The monoisotopic (exact) mass is 278 g/mol. The lowest BCUT2D eigenvalue weighted by Gasteiger charge is -2.22. The molecule has 0 spiro atoms. The molecule has 3 N–H and O–H groups in total. The van der Waals surface area contributed by atoms with Gasteiger partial charge < -0.3 is 15.8 Å². The predicted molar refractivity (Wildman–Crippen MR) is 78.3 cm³/mol. The molecule has 1 rings (SSSR count). The van der Waals surface area contributed by atoms with Gasteiger partial charge in [-0.2, -0.15) is 0 Å². The van der Waals surface area contributed by atoms with E-state index in [1.165, 1.54) is 7.11 Å². The number of carbonyl (C=O) groups excluding carboxylic acids is 2. The van der Waals surface area contributed by atoms with Crippen LogP contribution < -0.4 is 11.1 Å². The summed E-state index contributed by atoms with van der Waals surface area (Å²) in [6.45, 7) is 5.72. The molecule has 0 saturated carbocycles. The number of hydrogen-bond donors (Lipinski definition) is 2. The molecule has 20 heavy (non-hydrogen) atoms. The first kappa shape index (κ1) is 16.0. The molecule has 0 aromatic heterocycles. The molecule has 2 unspecified atom stereocenters. The highest BCUT2D eigenvalue weighted by molar-refractivity contribution is 5.97. The highest BCUT2D eigenvalue weighted by atomic mass is 16.5. The van der Waals surface area contributed by atoms with Crippen LogP contribution in [-0.2, 0) is 9.53 Å². The Balaban J connectivity index is 2.90. The van der Waals surface area contributed by atoms with Gasteiger partial charge in [-0.25, -0.2) is 4.79 Å². The van der Waals surface area contributed by atoms with Gasteiger partial charge in [-0.3, -0.25) is 4.79 Å². The van der Waals surface area contributed by atoms with Crippen LogP contribution in [0.1, 0.15) is 36.2 Å². The number of benzene rings is 1. The Morgan fingerprint density at radius 1 is 1.40 bits per heavy atom. The number of esters is 1.